The van der Waals surface area contributed by atoms with Crippen LogP contribution in [0.1, 0.15) is 39.6 Å². The Bertz CT molecular complexity index is 803. The maximum Gasteiger partial charge on any atom is 0.411 e. The number of hydrogen-bond donors (Lipinski definition) is 1. The highest BCUT2D eigenvalue weighted by atomic mass is 79.9. The van der Waals surface area contributed by atoms with E-state index in [2.05, 4.69) is 25.9 Å². The van der Waals surface area contributed by atoms with Gasteiger partial charge in [0, 0.05) is 11.0 Å². The van der Waals surface area contributed by atoms with Gasteiger partial charge in [-0.1, -0.05) is 39.7 Å². The van der Waals surface area contributed by atoms with E-state index in [9.17, 15) is 4.79 Å². The Balaban J connectivity index is 1.84. The predicted octanol–water partition coefficient (Wildman–Crippen LogP) is 5.08. The van der Waals surface area contributed by atoms with Gasteiger partial charge >= 0.3 is 6.09 Å². The van der Waals surface area contributed by atoms with Gasteiger partial charge in [0.05, 0.1) is 11.9 Å². The minimum Gasteiger partial charge on any atom is -0.444 e. The topological polar surface area (TPSA) is 58.2 Å². The van der Waals surface area contributed by atoms with Gasteiger partial charge in [0.1, 0.15) is 17.5 Å². The SMILES string of the molecule is CC1=CC(c2ncc(-c3ccc(Br)cc3)[nH]2)N(C(=O)OC(C)(C)C)C1. The Hall–Kier alpha value is -2.08. The standard InChI is InChI=1S/C19H22BrN3O2/c1-12-9-16(23(11-12)18(24)25-19(2,3)4)17-21-10-15(22-17)13-5-7-14(20)8-6-13/h5-10,16H,11H2,1-4H3,(H,21,22). The van der Waals surface area contributed by atoms with E-state index >= 15 is 0 Å². The van der Waals surface area contributed by atoms with Gasteiger partial charge in [0.15, 0.2) is 0 Å². The second-order valence-electron chi connectivity index (χ2n) is 7.26. The van der Waals surface area contributed by atoms with Crippen molar-refractivity contribution in [2.24, 2.45) is 0 Å². The molecule has 1 atom stereocenters. The first-order chi connectivity index (χ1) is 11.7. The Morgan fingerprint density at radius 2 is 2.00 bits per heavy atom. The molecular formula is C19H22BrN3O2. The number of rotatable bonds is 2. The number of amides is 1. The number of aromatic nitrogens is 2. The maximum absolute atomic E-state index is 12.5. The first-order valence-corrected chi connectivity index (χ1v) is 9.00. The summed E-state index contributed by atoms with van der Waals surface area (Å²) in [6.07, 6.45) is 3.52. The van der Waals surface area contributed by atoms with E-state index < -0.39 is 5.60 Å². The molecule has 132 valence electrons. The van der Waals surface area contributed by atoms with Crippen molar-refractivity contribution in [3.8, 4) is 11.3 Å². The van der Waals surface area contributed by atoms with Gasteiger partial charge in [-0.25, -0.2) is 9.78 Å². The minimum absolute atomic E-state index is 0.237. The maximum atomic E-state index is 12.5. The quantitative estimate of drug-likeness (QED) is 0.711. The molecule has 0 saturated carbocycles. The van der Waals surface area contributed by atoms with Crippen LogP contribution < -0.4 is 0 Å². The molecule has 0 fully saturated rings. The third-order valence-electron chi connectivity index (χ3n) is 3.86. The molecule has 1 amide bonds. The zero-order valence-corrected chi connectivity index (χ0v) is 16.4. The molecule has 2 heterocycles. The van der Waals surface area contributed by atoms with Crippen molar-refractivity contribution in [3.63, 3.8) is 0 Å². The van der Waals surface area contributed by atoms with Crippen molar-refractivity contribution in [2.45, 2.75) is 39.3 Å². The van der Waals surface area contributed by atoms with Gasteiger partial charge in [-0.2, -0.15) is 0 Å². The first kappa shape index (κ1) is 17.7. The van der Waals surface area contributed by atoms with E-state index in [1.165, 1.54) is 0 Å². The minimum atomic E-state index is -0.524. The molecule has 1 aliphatic heterocycles. The molecule has 0 bridgehead atoms. The van der Waals surface area contributed by atoms with E-state index in [-0.39, 0.29) is 12.1 Å². The predicted molar refractivity (Wildman–Crippen MR) is 101 cm³/mol. The zero-order chi connectivity index (χ0) is 18.2. The molecule has 1 aromatic carbocycles. The number of carbonyl (C=O) groups excluding carboxylic acids is 1. The largest absolute Gasteiger partial charge is 0.444 e. The van der Waals surface area contributed by atoms with Crippen LogP contribution in [0.2, 0.25) is 0 Å². The van der Waals surface area contributed by atoms with Crippen molar-refractivity contribution in [3.05, 3.63) is 52.4 Å². The number of benzene rings is 1. The third-order valence-corrected chi connectivity index (χ3v) is 4.39. The summed E-state index contributed by atoms with van der Waals surface area (Å²) in [4.78, 5) is 22.1. The smallest absolute Gasteiger partial charge is 0.411 e. The lowest BCUT2D eigenvalue weighted by molar-refractivity contribution is 0.0233. The molecule has 0 spiro atoms. The fraction of sp³-hybridized carbons (Fsp3) is 0.368. The van der Waals surface area contributed by atoms with Gasteiger partial charge in [0.2, 0.25) is 0 Å². The molecule has 5 nitrogen and oxygen atoms in total. The Labute approximate surface area is 156 Å². The van der Waals surface area contributed by atoms with Crippen molar-refractivity contribution in [1.29, 1.82) is 0 Å². The highest BCUT2D eigenvalue weighted by Gasteiger charge is 2.33. The van der Waals surface area contributed by atoms with Crippen LogP contribution in [0.25, 0.3) is 11.3 Å². The van der Waals surface area contributed by atoms with Crippen molar-refractivity contribution in [1.82, 2.24) is 14.9 Å². The van der Waals surface area contributed by atoms with E-state index in [4.69, 9.17) is 4.74 Å². The van der Waals surface area contributed by atoms with Crippen LogP contribution in [0.15, 0.2) is 46.6 Å². The number of H-pyrrole nitrogens is 1. The Morgan fingerprint density at radius 1 is 1.32 bits per heavy atom. The Kier molecular flexibility index (Phi) is 4.73. The summed E-state index contributed by atoms with van der Waals surface area (Å²) in [5, 5.41) is 0. The summed E-state index contributed by atoms with van der Waals surface area (Å²) >= 11 is 3.44. The first-order valence-electron chi connectivity index (χ1n) is 8.21. The zero-order valence-electron chi connectivity index (χ0n) is 14.8. The van der Waals surface area contributed by atoms with E-state index in [1.54, 1.807) is 11.1 Å². The summed E-state index contributed by atoms with van der Waals surface area (Å²) in [6.45, 7) is 8.17. The second-order valence-corrected chi connectivity index (χ2v) is 8.17. The van der Waals surface area contributed by atoms with Crippen molar-refractivity contribution >= 4 is 22.0 Å². The average Bonchev–Trinajstić information content (AvgIpc) is 3.12. The highest BCUT2D eigenvalue weighted by Crippen LogP contribution is 2.31. The number of nitrogens with one attached hydrogen (secondary N) is 1. The number of aromatic amines is 1. The second kappa shape index (κ2) is 6.67. The van der Waals surface area contributed by atoms with E-state index in [1.807, 2.05) is 58.0 Å². The van der Waals surface area contributed by atoms with Gasteiger partial charge in [-0.3, -0.25) is 4.90 Å². The number of halogens is 1. The van der Waals surface area contributed by atoms with Gasteiger partial charge in [-0.05, 0) is 45.4 Å². The number of ether oxygens (including phenoxy) is 1. The molecule has 6 heteroatoms. The van der Waals surface area contributed by atoms with Crippen LogP contribution in [0.4, 0.5) is 4.79 Å². The summed E-state index contributed by atoms with van der Waals surface area (Å²) in [7, 11) is 0. The molecule has 0 aliphatic carbocycles. The molecule has 1 N–H and O–H groups in total. The molecule has 0 saturated heterocycles. The van der Waals surface area contributed by atoms with Crippen LogP contribution >= 0.6 is 15.9 Å². The van der Waals surface area contributed by atoms with Crippen LogP contribution in [0.5, 0.6) is 0 Å². The van der Waals surface area contributed by atoms with Crippen LogP contribution in [0.3, 0.4) is 0 Å². The van der Waals surface area contributed by atoms with Crippen LogP contribution in [-0.4, -0.2) is 33.1 Å². The number of carbonyl (C=O) groups is 1. The Morgan fingerprint density at radius 3 is 2.64 bits per heavy atom. The van der Waals surface area contributed by atoms with E-state index in [0.29, 0.717) is 6.54 Å². The molecule has 3 rings (SSSR count). The highest BCUT2D eigenvalue weighted by molar-refractivity contribution is 9.10. The molecule has 25 heavy (non-hydrogen) atoms. The number of hydrogen-bond acceptors (Lipinski definition) is 3. The summed E-state index contributed by atoms with van der Waals surface area (Å²) < 4.78 is 6.56. The van der Waals surface area contributed by atoms with Gasteiger partial charge in [-0.15, -0.1) is 0 Å². The van der Waals surface area contributed by atoms with Crippen LogP contribution in [-0.2, 0) is 4.74 Å². The number of nitrogens with zero attached hydrogens (tertiary/aromatic N) is 2. The lowest BCUT2D eigenvalue weighted by atomic mass is 10.2. The van der Waals surface area contributed by atoms with Crippen molar-refractivity contribution in [2.75, 3.05) is 6.54 Å². The normalized spacial score (nSPS) is 17.6. The average molecular weight is 404 g/mol. The fourth-order valence-corrected chi connectivity index (χ4v) is 3.03. The summed E-state index contributed by atoms with van der Waals surface area (Å²) in [6, 6.07) is 7.77. The van der Waals surface area contributed by atoms with Crippen molar-refractivity contribution < 1.29 is 9.53 Å². The molecule has 1 aliphatic rings. The number of imidazole rings is 1. The van der Waals surface area contributed by atoms with Gasteiger partial charge < -0.3 is 9.72 Å². The monoisotopic (exact) mass is 403 g/mol. The lowest BCUT2D eigenvalue weighted by Gasteiger charge is -2.27. The van der Waals surface area contributed by atoms with E-state index in [0.717, 1.165) is 27.1 Å². The summed E-state index contributed by atoms with van der Waals surface area (Å²) in [5.74, 6) is 0.737. The lowest BCUT2D eigenvalue weighted by Crippen LogP contribution is -2.37. The molecule has 2 aromatic rings. The molecular weight excluding hydrogens is 382 g/mol. The molecule has 1 unspecified atom stereocenters. The molecule has 0 radical (unpaired) electrons. The fourth-order valence-electron chi connectivity index (χ4n) is 2.77. The van der Waals surface area contributed by atoms with Crippen LogP contribution in [0, 0.1) is 0 Å². The molecule has 1 aromatic heterocycles. The summed E-state index contributed by atoms with van der Waals surface area (Å²) in [5.41, 5.74) is 2.57. The third kappa shape index (κ3) is 4.12. The van der Waals surface area contributed by atoms with Gasteiger partial charge in [0.25, 0.3) is 0 Å².